The van der Waals surface area contributed by atoms with Crippen LogP contribution in [-0.2, 0) is 17.7 Å². The normalized spacial score (nSPS) is 16.9. The summed E-state index contributed by atoms with van der Waals surface area (Å²) in [6, 6.07) is 19.4. The zero-order valence-electron chi connectivity index (χ0n) is 14.0. The first-order valence-electron chi connectivity index (χ1n) is 8.42. The molecule has 2 amide bonds. The smallest absolute Gasteiger partial charge is 0.317 e. The average molecular weight is 335 g/mol. The summed E-state index contributed by atoms with van der Waals surface area (Å²) >= 11 is 0. The number of benzene rings is 2. The van der Waals surface area contributed by atoms with Crippen molar-refractivity contribution in [3.8, 4) is 6.07 Å². The molecule has 0 aromatic heterocycles. The Morgan fingerprint density at radius 1 is 1.20 bits per heavy atom. The maximum Gasteiger partial charge on any atom is 0.317 e. The van der Waals surface area contributed by atoms with E-state index in [0.717, 1.165) is 12.0 Å². The number of hydrogen-bond donors (Lipinski definition) is 1. The molecular formula is C20H21N3O2. The van der Waals surface area contributed by atoms with E-state index in [4.69, 9.17) is 10.00 Å². The van der Waals surface area contributed by atoms with Gasteiger partial charge in [-0.2, -0.15) is 5.26 Å². The maximum absolute atomic E-state index is 12.4. The van der Waals surface area contributed by atoms with E-state index < -0.39 is 0 Å². The molecule has 0 unspecified atom stereocenters. The molecular weight excluding hydrogens is 314 g/mol. The molecule has 5 nitrogen and oxygen atoms in total. The lowest BCUT2D eigenvalue weighted by Gasteiger charge is -2.33. The van der Waals surface area contributed by atoms with Gasteiger partial charge in [0.1, 0.15) is 0 Å². The van der Waals surface area contributed by atoms with E-state index in [1.54, 1.807) is 17.0 Å². The fourth-order valence-corrected chi connectivity index (χ4v) is 2.94. The fraction of sp³-hybridized carbons (Fsp3) is 0.300. The van der Waals surface area contributed by atoms with E-state index >= 15 is 0 Å². The lowest BCUT2D eigenvalue weighted by Crippen LogP contribution is -2.50. The molecule has 0 saturated carbocycles. The molecule has 2 aromatic carbocycles. The van der Waals surface area contributed by atoms with Crippen LogP contribution in [0.5, 0.6) is 0 Å². The number of ether oxygens (including phenoxy) is 1. The maximum atomic E-state index is 12.4. The number of urea groups is 1. The molecule has 1 aliphatic heterocycles. The molecule has 25 heavy (non-hydrogen) atoms. The Hall–Kier alpha value is -2.84. The third-order valence-electron chi connectivity index (χ3n) is 4.23. The van der Waals surface area contributed by atoms with Crippen LogP contribution in [-0.4, -0.2) is 36.7 Å². The second-order valence-electron chi connectivity index (χ2n) is 6.10. The second kappa shape index (κ2) is 8.32. The number of carbonyl (C=O) groups is 1. The highest BCUT2D eigenvalue weighted by atomic mass is 16.5. The summed E-state index contributed by atoms with van der Waals surface area (Å²) in [5, 5.41) is 11.9. The third-order valence-corrected chi connectivity index (χ3v) is 4.23. The highest BCUT2D eigenvalue weighted by Gasteiger charge is 2.24. The number of nitrogens with zero attached hydrogens (tertiary/aromatic N) is 2. The van der Waals surface area contributed by atoms with Crippen LogP contribution in [0, 0.1) is 11.3 Å². The minimum absolute atomic E-state index is 0.0174. The molecule has 1 aliphatic rings. The van der Waals surface area contributed by atoms with Crippen molar-refractivity contribution in [2.24, 2.45) is 0 Å². The van der Waals surface area contributed by atoms with E-state index in [1.165, 1.54) is 5.56 Å². The average Bonchev–Trinajstić information content (AvgIpc) is 2.67. The van der Waals surface area contributed by atoms with Gasteiger partial charge in [-0.25, -0.2) is 4.79 Å². The molecule has 1 atom stereocenters. The van der Waals surface area contributed by atoms with Crippen molar-refractivity contribution in [1.82, 2.24) is 10.2 Å². The molecule has 1 fully saturated rings. The summed E-state index contributed by atoms with van der Waals surface area (Å²) in [5.74, 6) is 0. The number of nitrogens with one attached hydrogen (secondary N) is 1. The summed E-state index contributed by atoms with van der Waals surface area (Å²) in [5.41, 5.74) is 2.73. The highest BCUT2D eigenvalue weighted by molar-refractivity contribution is 5.74. The number of rotatable bonds is 4. The Labute approximate surface area is 147 Å². The molecule has 0 aliphatic carbocycles. The largest absolute Gasteiger partial charge is 0.374 e. The van der Waals surface area contributed by atoms with Gasteiger partial charge in [0.05, 0.1) is 24.3 Å². The van der Waals surface area contributed by atoms with Crippen molar-refractivity contribution in [3.63, 3.8) is 0 Å². The molecule has 1 heterocycles. The molecule has 5 heteroatoms. The van der Waals surface area contributed by atoms with Crippen molar-refractivity contribution in [1.29, 1.82) is 5.26 Å². The second-order valence-corrected chi connectivity index (χ2v) is 6.10. The van der Waals surface area contributed by atoms with Gasteiger partial charge in [-0.1, -0.05) is 42.5 Å². The van der Waals surface area contributed by atoms with Gasteiger partial charge in [0.25, 0.3) is 0 Å². The molecule has 1 N–H and O–H groups in total. The van der Waals surface area contributed by atoms with Crippen LogP contribution >= 0.6 is 0 Å². The zero-order valence-corrected chi connectivity index (χ0v) is 14.0. The monoisotopic (exact) mass is 335 g/mol. The first kappa shape index (κ1) is 17.0. The number of hydrogen-bond acceptors (Lipinski definition) is 3. The van der Waals surface area contributed by atoms with E-state index in [9.17, 15) is 4.79 Å². The first-order chi connectivity index (χ1) is 12.2. The Balaban J connectivity index is 1.52. The SMILES string of the molecule is N#Cc1cccc(CNC(=O)N2CCO[C@@H](Cc3ccccc3)C2)c1. The van der Waals surface area contributed by atoms with Crippen molar-refractivity contribution in [3.05, 3.63) is 71.3 Å². The summed E-state index contributed by atoms with van der Waals surface area (Å²) < 4.78 is 5.80. The molecule has 3 rings (SSSR count). The lowest BCUT2D eigenvalue weighted by molar-refractivity contribution is -0.0133. The van der Waals surface area contributed by atoms with Gasteiger partial charge in [-0.05, 0) is 23.3 Å². The fourth-order valence-electron chi connectivity index (χ4n) is 2.94. The summed E-state index contributed by atoms with van der Waals surface area (Å²) in [6.07, 6.45) is 0.818. The van der Waals surface area contributed by atoms with Gasteiger partial charge in [0, 0.05) is 26.1 Å². The topological polar surface area (TPSA) is 65.4 Å². The van der Waals surface area contributed by atoms with Gasteiger partial charge in [-0.3, -0.25) is 0 Å². The van der Waals surface area contributed by atoms with Crippen LogP contribution in [0.4, 0.5) is 4.79 Å². The van der Waals surface area contributed by atoms with E-state index in [-0.39, 0.29) is 12.1 Å². The quantitative estimate of drug-likeness (QED) is 0.934. The Kier molecular flexibility index (Phi) is 5.65. The Bertz CT molecular complexity index is 755. The van der Waals surface area contributed by atoms with Crippen molar-refractivity contribution in [2.45, 2.75) is 19.1 Å². The minimum Gasteiger partial charge on any atom is -0.374 e. The molecule has 128 valence electrons. The lowest BCUT2D eigenvalue weighted by atomic mass is 10.1. The van der Waals surface area contributed by atoms with Crippen molar-refractivity contribution < 1.29 is 9.53 Å². The number of carbonyl (C=O) groups excluding carboxylic acids is 1. The first-order valence-corrected chi connectivity index (χ1v) is 8.42. The van der Waals surface area contributed by atoms with Gasteiger partial charge >= 0.3 is 6.03 Å². The van der Waals surface area contributed by atoms with Gasteiger partial charge in [0.2, 0.25) is 0 Å². The van der Waals surface area contributed by atoms with E-state index in [1.807, 2.05) is 30.3 Å². The van der Waals surface area contributed by atoms with Crippen LogP contribution < -0.4 is 5.32 Å². The van der Waals surface area contributed by atoms with Crippen molar-refractivity contribution >= 4 is 6.03 Å². The highest BCUT2D eigenvalue weighted by Crippen LogP contribution is 2.12. The number of morpholine rings is 1. The van der Waals surface area contributed by atoms with Crippen LogP contribution in [0.1, 0.15) is 16.7 Å². The molecule has 0 radical (unpaired) electrons. The molecule has 2 aromatic rings. The zero-order chi connectivity index (χ0) is 17.5. The van der Waals surface area contributed by atoms with Crippen LogP contribution in [0.2, 0.25) is 0 Å². The van der Waals surface area contributed by atoms with Gasteiger partial charge in [0.15, 0.2) is 0 Å². The predicted molar refractivity (Wildman–Crippen MR) is 94.9 cm³/mol. The molecule has 0 bridgehead atoms. The minimum atomic E-state index is -0.0938. The molecule has 0 spiro atoms. The molecule has 1 saturated heterocycles. The summed E-state index contributed by atoms with van der Waals surface area (Å²) in [7, 11) is 0. The van der Waals surface area contributed by atoms with E-state index in [2.05, 4.69) is 23.5 Å². The number of nitriles is 1. The predicted octanol–water partition coefficient (Wildman–Crippen LogP) is 2.71. The van der Waals surface area contributed by atoms with E-state index in [0.29, 0.717) is 31.8 Å². The van der Waals surface area contributed by atoms with Crippen LogP contribution in [0.15, 0.2) is 54.6 Å². The Morgan fingerprint density at radius 3 is 2.80 bits per heavy atom. The van der Waals surface area contributed by atoms with Gasteiger partial charge in [-0.15, -0.1) is 0 Å². The summed E-state index contributed by atoms with van der Waals surface area (Å²) in [6.45, 7) is 2.14. The number of amides is 2. The third kappa shape index (κ3) is 4.82. The van der Waals surface area contributed by atoms with Crippen LogP contribution in [0.25, 0.3) is 0 Å². The van der Waals surface area contributed by atoms with Gasteiger partial charge < -0.3 is 15.0 Å². The van der Waals surface area contributed by atoms with Crippen LogP contribution in [0.3, 0.4) is 0 Å². The summed E-state index contributed by atoms with van der Waals surface area (Å²) in [4.78, 5) is 14.2. The Morgan fingerprint density at radius 2 is 2.00 bits per heavy atom. The van der Waals surface area contributed by atoms with Crippen molar-refractivity contribution in [2.75, 3.05) is 19.7 Å². The standard InChI is InChI=1S/C20H21N3O2/c21-13-17-7-4-8-18(11-17)14-22-20(24)23-9-10-25-19(15-23)12-16-5-2-1-3-6-16/h1-8,11,19H,9-10,12,14-15H2,(H,22,24)/t19-/m0/s1.